The molecule has 1 saturated heterocycles. The smallest absolute Gasteiger partial charge is 0.326 e. The molecular formula is C17H18N2O5S. The largest absolute Gasteiger partial charge is 0.506 e. The molecule has 8 heteroatoms. The molecule has 0 saturated carbocycles. The molecule has 1 unspecified atom stereocenters. The van der Waals surface area contributed by atoms with Crippen molar-refractivity contribution in [3.8, 4) is 5.75 Å². The summed E-state index contributed by atoms with van der Waals surface area (Å²) in [6.45, 7) is -0.359. The van der Waals surface area contributed by atoms with Crippen LogP contribution in [0.5, 0.6) is 5.75 Å². The lowest BCUT2D eigenvalue weighted by Crippen LogP contribution is -2.29. The van der Waals surface area contributed by atoms with E-state index in [4.69, 9.17) is 0 Å². The van der Waals surface area contributed by atoms with E-state index < -0.39 is 22.2 Å². The summed E-state index contributed by atoms with van der Waals surface area (Å²) in [5, 5.41) is 20.3. The predicted octanol–water partition coefficient (Wildman–Crippen LogP) is 1.24. The fourth-order valence-corrected chi connectivity index (χ4v) is 3.90. The lowest BCUT2D eigenvalue weighted by molar-refractivity contribution is -0.117. The fraction of sp³-hybridized carbons (Fsp3) is 0.235. The van der Waals surface area contributed by atoms with Gasteiger partial charge in [-0.1, -0.05) is 36.4 Å². The van der Waals surface area contributed by atoms with Crippen molar-refractivity contribution in [2.75, 3.05) is 10.8 Å². The minimum atomic E-state index is -3.95. The Bertz CT molecular complexity index is 883. The van der Waals surface area contributed by atoms with E-state index in [2.05, 4.69) is 0 Å². The topological polar surface area (TPSA) is 107 Å². The normalized spacial score (nSPS) is 17.3. The number of hydrogen-bond acceptors (Lipinski definition) is 5. The van der Waals surface area contributed by atoms with Crippen LogP contribution in [0.1, 0.15) is 23.7 Å². The zero-order valence-electron chi connectivity index (χ0n) is 13.3. The average molecular weight is 362 g/mol. The van der Waals surface area contributed by atoms with Crippen LogP contribution in [0.3, 0.4) is 0 Å². The molecule has 0 aliphatic carbocycles. The summed E-state index contributed by atoms with van der Waals surface area (Å²) in [7, 11) is -3.95. The third-order valence-electron chi connectivity index (χ3n) is 4.02. The number of nitrogens with zero attached hydrogens (tertiary/aromatic N) is 1. The molecule has 0 aromatic heterocycles. The molecule has 0 spiro atoms. The van der Waals surface area contributed by atoms with Crippen molar-refractivity contribution in [1.29, 1.82) is 0 Å². The van der Waals surface area contributed by atoms with Crippen LogP contribution in [0.25, 0.3) is 0 Å². The number of aliphatic hydroxyl groups is 1. The minimum absolute atomic E-state index is 0.0470. The number of carbonyl (C=O) groups is 1. The predicted molar refractivity (Wildman–Crippen MR) is 92.2 cm³/mol. The Hall–Kier alpha value is -2.58. The second-order valence-electron chi connectivity index (χ2n) is 5.83. The number of anilines is 1. The first-order valence-electron chi connectivity index (χ1n) is 7.75. The van der Waals surface area contributed by atoms with Gasteiger partial charge in [0.05, 0.1) is 11.8 Å². The maximum atomic E-state index is 11.8. The monoisotopic (exact) mass is 362 g/mol. The van der Waals surface area contributed by atoms with E-state index in [1.54, 1.807) is 6.07 Å². The van der Waals surface area contributed by atoms with Crippen molar-refractivity contribution in [2.45, 2.75) is 18.9 Å². The van der Waals surface area contributed by atoms with Crippen molar-refractivity contribution < 1.29 is 23.4 Å². The van der Waals surface area contributed by atoms with Crippen molar-refractivity contribution >= 4 is 21.8 Å². The summed E-state index contributed by atoms with van der Waals surface area (Å²) in [4.78, 5) is 11.3. The number of hydrogen-bond donors (Lipinski definition) is 3. The maximum absolute atomic E-state index is 11.8. The molecule has 2 aromatic carbocycles. The molecule has 1 fully saturated rings. The van der Waals surface area contributed by atoms with Crippen LogP contribution in [0.15, 0.2) is 48.5 Å². The first kappa shape index (κ1) is 17.2. The van der Waals surface area contributed by atoms with Crippen LogP contribution in [-0.2, 0) is 21.4 Å². The Kier molecular flexibility index (Phi) is 4.65. The van der Waals surface area contributed by atoms with Gasteiger partial charge in [-0.3, -0.25) is 4.79 Å². The molecular weight excluding hydrogens is 344 g/mol. The number of amides is 1. The van der Waals surface area contributed by atoms with Crippen molar-refractivity contribution in [3.05, 3.63) is 59.7 Å². The van der Waals surface area contributed by atoms with Gasteiger partial charge < -0.3 is 10.2 Å². The lowest BCUT2D eigenvalue weighted by atomic mass is 10.0. The van der Waals surface area contributed by atoms with Crippen molar-refractivity contribution in [3.63, 3.8) is 0 Å². The molecule has 1 atom stereocenters. The number of nitrogens with one attached hydrogen (secondary N) is 1. The van der Waals surface area contributed by atoms with E-state index in [0.29, 0.717) is 12.8 Å². The molecule has 1 aliphatic heterocycles. The molecule has 0 bridgehead atoms. The van der Waals surface area contributed by atoms with Crippen LogP contribution in [0.2, 0.25) is 0 Å². The summed E-state index contributed by atoms with van der Waals surface area (Å²) in [5.41, 5.74) is 1.62. The highest BCUT2D eigenvalue weighted by atomic mass is 32.2. The van der Waals surface area contributed by atoms with Gasteiger partial charge in [-0.25, -0.2) is 9.03 Å². The first-order valence-corrected chi connectivity index (χ1v) is 9.19. The van der Waals surface area contributed by atoms with E-state index in [0.717, 1.165) is 15.4 Å². The highest BCUT2D eigenvalue weighted by molar-refractivity contribution is 7.92. The quantitative estimate of drug-likeness (QED) is 0.742. The summed E-state index contributed by atoms with van der Waals surface area (Å²) in [6.07, 6.45) is 0.349. The molecule has 3 N–H and O–H groups in total. The third-order valence-corrected chi connectivity index (χ3v) is 5.41. The Morgan fingerprint density at radius 1 is 1.16 bits per heavy atom. The summed E-state index contributed by atoms with van der Waals surface area (Å²) >= 11 is 0. The average Bonchev–Trinajstić information content (AvgIpc) is 2.85. The number of aromatic hydroxyl groups is 1. The van der Waals surface area contributed by atoms with E-state index in [-0.39, 0.29) is 18.0 Å². The molecule has 132 valence electrons. The molecule has 1 amide bonds. The van der Waals surface area contributed by atoms with Gasteiger partial charge in [0.1, 0.15) is 12.3 Å². The van der Waals surface area contributed by atoms with E-state index in [1.807, 2.05) is 35.1 Å². The second kappa shape index (κ2) is 6.73. The van der Waals surface area contributed by atoms with E-state index in [9.17, 15) is 23.4 Å². The molecule has 2 aromatic rings. The standard InChI is InChI=1S/C17H18N2O5S/c20-15(13-4-2-1-3-5-13)9-7-12-6-8-14(16(21)10-12)19-11-17(22)18-25(19,23)24/h1-6,8,10,15,20-21H,7,9,11H2,(H,18,22). The highest BCUT2D eigenvalue weighted by Crippen LogP contribution is 2.32. The Morgan fingerprint density at radius 2 is 1.88 bits per heavy atom. The van der Waals surface area contributed by atoms with Gasteiger partial charge in [-0.15, -0.1) is 0 Å². The van der Waals surface area contributed by atoms with Crippen LogP contribution in [0, 0.1) is 0 Å². The Morgan fingerprint density at radius 3 is 2.48 bits per heavy atom. The number of phenolic OH excluding ortho intramolecular Hbond substituents is 1. The van der Waals surface area contributed by atoms with E-state index >= 15 is 0 Å². The third kappa shape index (κ3) is 3.75. The zero-order valence-corrected chi connectivity index (χ0v) is 14.1. The molecule has 3 rings (SSSR count). The fourth-order valence-electron chi connectivity index (χ4n) is 2.74. The number of benzene rings is 2. The van der Waals surface area contributed by atoms with Crippen LogP contribution in [0.4, 0.5) is 5.69 Å². The van der Waals surface area contributed by atoms with Gasteiger partial charge in [0, 0.05) is 0 Å². The first-order chi connectivity index (χ1) is 11.9. The van der Waals surface area contributed by atoms with Crippen LogP contribution in [-0.4, -0.2) is 31.1 Å². The maximum Gasteiger partial charge on any atom is 0.326 e. The highest BCUT2D eigenvalue weighted by Gasteiger charge is 2.35. The van der Waals surface area contributed by atoms with Gasteiger partial charge in [0.15, 0.2) is 0 Å². The van der Waals surface area contributed by atoms with Gasteiger partial charge in [0.2, 0.25) is 0 Å². The summed E-state index contributed by atoms with van der Waals surface area (Å²) < 4.78 is 26.3. The zero-order chi connectivity index (χ0) is 18.0. The molecule has 1 aliphatic rings. The molecule has 1 heterocycles. The van der Waals surface area contributed by atoms with Gasteiger partial charge in [0.25, 0.3) is 5.91 Å². The Labute approximate surface area is 145 Å². The van der Waals surface area contributed by atoms with Crippen LogP contribution >= 0.6 is 0 Å². The Balaban J connectivity index is 1.71. The van der Waals surface area contributed by atoms with E-state index in [1.165, 1.54) is 12.1 Å². The molecule has 7 nitrogen and oxygen atoms in total. The number of aryl methyl sites for hydroxylation is 1. The number of phenols is 1. The van der Waals surface area contributed by atoms with Crippen molar-refractivity contribution in [1.82, 2.24) is 4.72 Å². The van der Waals surface area contributed by atoms with Crippen molar-refractivity contribution in [2.24, 2.45) is 0 Å². The SMILES string of the molecule is O=C1CN(c2ccc(CCC(O)c3ccccc3)cc2O)S(=O)(=O)N1. The molecule has 25 heavy (non-hydrogen) atoms. The number of aliphatic hydroxyl groups excluding tert-OH is 1. The summed E-state index contributed by atoms with van der Waals surface area (Å²) in [5.74, 6) is -0.874. The summed E-state index contributed by atoms with van der Waals surface area (Å²) in [6, 6.07) is 13.8. The van der Waals surface area contributed by atoms with Gasteiger partial charge in [-0.2, -0.15) is 8.42 Å². The molecule has 0 radical (unpaired) electrons. The minimum Gasteiger partial charge on any atom is -0.506 e. The second-order valence-corrected chi connectivity index (χ2v) is 7.42. The van der Waals surface area contributed by atoms with Gasteiger partial charge >= 0.3 is 10.2 Å². The number of rotatable bonds is 5. The number of carbonyl (C=O) groups excluding carboxylic acids is 1. The lowest BCUT2D eigenvalue weighted by Gasteiger charge is -2.17. The van der Waals surface area contributed by atoms with Crippen LogP contribution < -0.4 is 9.03 Å². The van der Waals surface area contributed by atoms with Gasteiger partial charge in [-0.05, 0) is 36.1 Å².